The van der Waals surface area contributed by atoms with Crippen LogP contribution in [0.5, 0.6) is 0 Å². The van der Waals surface area contributed by atoms with Crippen molar-refractivity contribution in [3.63, 3.8) is 0 Å². The SMILES string of the molecule is N#CC1CCCCCC1Nc1cc(Cl)ccc1F. The number of halogens is 2. The van der Waals surface area contributed by atoms with E-state index in [1.54, 1.807) is 6.07 Å². The molecule has 0 bridgehead atoms. The van der Waals surface area contributed by atoms with Crippen molar-refractivity contribution in [3.8, 4) is 6.07 Å². The van der Waals surface area contributed by atoms with Gasteiger partial charge in [0.05, 0.1) is 17.7 Å². The van der Waals surface area contributed by atoms with Crippen LogP contribution in [-0.4, -0.2) is 6.04 Å². The minimum absolute atomic E-state index is 0.0190. The monoisotopic (exact) mass is 266 g/mol. The zero-order valence-corrected chi connectivity index (χ0v) is 10.9. The Hall–Kier alpha value is -1.27. The highest BCUT2D eigenvalue weighted by atomic mass is 35.5. The smallest absolute Gasteiger partial charge is 0.146 e. The van der Waals surface area contributed by atoms with Crippen LogP contribution in [0.4, 0.5) is 10.1 Å². The van der Waals surface area contributed by atoms with Gasteiger partial charge in [0, 0.05) is 11.1 Å². The molecule has 18 heavy (non-hydrogen) atoms. The van der Waals surface area contributed by atoms with E-state index in [-0.39, 0.29) is 17.8 Å². The van der Waals surface area contributed by atoms with Crippen LogP contribution in [0.2, 0.25) is 5.02 Å². The number of nitrogens with zero attached hydrogens (tertiary/aromatic N) is 1. The summed E-state index contributed by atoms with van der Waals surface area (Å²) in [5.41, 5.74) is 0.398. The number of hydrogen-bond acceptors (Lipinski definition) is 2. The molecule has 1 aliphatic carbocycles. The van der Waals surface area contributed by atoms with Crippen LogP contribution in [0.15, 0.2) is 18.2 Å². The summed E-state index contributed by atoms with van der Waals surface area (Å²) < 4.78 is 13.7. The van der Waals surface area contributed by atoms with Gasteiger partial charge in [0.1, 0.15) is 5.82 Å². The summed E-state index contributed by atoms with van der Waals surface area (Å²) in [4.78, 5) is 0. The molecule has 1 fully saturated rings. The molecule has 2 unspecified atom stereocenters. The van der Waals surface area contributed by atoms with Gasteiger partial charge in [-0.1, -0.05) is 30.9 Å². The van der Waals surface area contributed by atoms with E-state index in [1.165, 1.54) is 12.1 Å². The maximum absolute atomic E-state index is 13.7. The highest BCUT2D eigenvalue weighted by Gasteiger charge is 2.24. The van der Waals surface area contributed by atoms with E-state index in [2.05, 4.69) is 11.4 Å². The Kier molecular flexibility index (Phi) is 4.43. The topological polar surface area (TPSA) is 35.8 Å². The number of benzene rings is 1. The molecular weight excluding hydrogens is 251 g/mol. The molecule has 1 aliphatic rings. The van der Waals surface area contributed by atoms with Gasteiger partial charge >= 0.3 is 0 Å². The van der Waals surface area contributed by atoms with Gasteiger partial charge in [0.2, 0.25) is 0 Å². The third kappa shape index (κ3) is 3.14. The first-order valence-corrected chi connectivity index (χ1v) is 6.69. The van der Waals surface area contributed by atoms with E-state index < -0.39 is 0 Å². The van der Waals surface area contributed by atoms with Crippen molar-refractivity contribution in [2.45, 2.75) is 38.1 Å². The van der Waals surface area contributed by atoms with E-state index in [0.29, 0.717) is 10.7 Å². The Morgan fingerprint density at radius 3 is 2.83 bits per heavy atom. The predicted octanol–water partition coefficient (Wildman–Crippen LogP) is 4.36. The number of nitrogens with one attached hydrogen (secondary N) is 1. The average molecular weight is 267 g/mol. The largest absolute Gasteiger partial charge is 0.379 e. The quantitative estimate of drug-likeness (QED) is 0.807. The third-order valence-electron chi connectivity index (χ3n) is 3.45. The van der Waals surface area contributed by atoms with E-state index in [0.717, 1.165) is 32.1 Å². The van der Waals surface area contributed by atoms with Crippen molar-refractivity contribution in [1.29, 1.82) is 5.26 Å². The molecule has 1 saturated carbocycles. The summed E-state index contributed by atoms with van der Waals surface area (Å²) in [6, 6.07) is 6.80. The van der Waals surface area contributed by atoms with E-state index >= 15 is 0 Å². The summed E-state index contributed by atoms with van der Waals surface area (Å²) in [5.74, 6) is -0.369. The Labute approximate surface area is 112 Å². The van der Waals surface area contributed by atoms with Crippen molar-refractivity contribution in [2.24, 2.45) is 5.92 Å². The maximum Gasteiger partial charge on any atom is 0.146 e. The lowest BCUT2D eigenvalue weighted by Gasteiger charge is -2.22. The first kappa shape index (κ1) is 13.2. The molecule has 0 aliphatic heterocycles. The molecule has 0 aromatic heterocycles. The minimum Gasteiger partial charge on any atom is -0.379 e. The van der Waals surface area contributed by atoms with Gasteiger partial charge in [0.25, 0.3) is 0 Å². The average Bonchev–Trinajstić information content (AvgIpc) is 2.59. The highest BCUT2D eigenvalue weighted by molar-refractivity contribution is 6.30. The molecule has 0 heterocycles. The number of rotatable bonds is 2. The fraction of sp³-hybridized carbons (Fsp3) is 0.500. The van der Waals surface area contributed by atoms with Gasteiger partial charge in [-0.25, -0.2) is 4.39 Å². The number of nitriles is 1. The third-order valence-corrected chi connectivity index (χ3v) is 3.69. The van der Waals surface area contributed by atoms with E-state index in [4.69, 9.17) is 11.6 Å². The summed E-state index contributed by atoms with van der Waals surface area (Å²) in [6.45, 7) is 0. The normalized spacial score (nSPS) is 24.1. The fourth-order valence-electron chi connectivity index (χ4n) is 2.44. The Bertz CT molecular complexity index is 456. The molecule has 1 N–H and O–H groups in total. The molecule has 2 nitrogen and oxygen atoms in total. The predicted molar refractivity (Wildman–Crippen MR) is 71.0 cm³/mol. The van der Waals surface area contributed by atoms with Gasteiger partial charge in [-0.05, 0) is 31.0 Å². The van der Waals surface area contributed by atoms with Crippen molar-refractivity contribution >= 4 is 17.3 Å². The molecule has 4 heteroatoms. The number of hydrogen-bond donors (Lipinski definition) is 1. The second kappa shape index (κ2) is 6.06. The zero-order valence-electron chi connectivity index (χ0n) is 10.1. The first-order valence-electron chi connectivity index (χ1n) is 6.32. The first-order chi connectivity index (χ1) is 8.70. The molecule has 1 aromatic carbocycles. The molecule has 0 radical (unpaired) electrons. The standard InChI is InChI=1S/C14H16ClFN2/c15-11-6-7-12(16)14(8-11)18-13-5-3-1-2-4-10(13)9-17/h6-8,10,13,18H,1-5H2. The minimum atomic E-state index is -0.319. The molecule has 2 atom stereocenters. The molecular formula is C14H16ClFN2. The van der Waals surface area contributed by atoms with Crippen LogP contribution in [0.1, 0.15) is 32.1 Å². The van der Waals surface area contributed by atoms with Crippen LogP contribution in [0.25, 0.3) is 0 Å². The van der Waals surface area contributed by atoms with Crippen LogP contribution in [0, 0.1) is 23.1 Å². The Balaban J connectivity index is 2.15. The van der Waals surface area contributed by atoms with Crippen LogP contribution in [-0.2, 0) is 0 Å². The second-order valence-corrected chi connectivity index (χ2v) is 5.19. The van der Waals surface area contributed by atoms with E-state index in [9.17, 15) is 9.65 Å². The fourth-order valence-corrected chi connectivity index (χ4v) is 2.61. The lowest BCUT2D eigenvalue weighted by molar-refractivity contribution is 0.510. The van der Waals surface area contributed by atoms with Crippen LogP contribution < -0.4 is 5.32 Å². The lowest BCUT2D eigenvalue weighted by atomic mass is 9.96. The Morgan fingerprint density at radius 2 is 2.06 bits per heavy atom. The van der Waals surface area contributed by atoms with Gasteiger partial charge in [-0.2, -0.15) is 5.26 Å². The van der Waals surface area contributed by atoms with Gasteiger partial charge < -0.3 is 5.32 Å². The molecule has 0 amide bonds. The van der Waals surface area contributed by atoms with Gasteiger partial charge in [-0.3, -0.25) is 0 Å². The van der Waals surface area contributed by atoms with Crippen molar-refractivity contribution in [2.75, 3.05) is 5.32 Å². The highest BCUT2D eigenvalue weighted by Crippen LogP contribution is 2.28. The molecule has 1 aromatic rings. The van der Waals surface area contributed by atoms with Crippen molar-refractivity contribution in [1.82, 2.24) is 0 Å². The van der Waals surface area contributed by atoms with Gasteiger partial charge in [-0.15, -0.1) is 0 Å². The molecule has 0 spiro atoms. The molecule has 0 saturated heterocycles. The van der Waals surface area contributed by atoms with Crippen molar-refractivity contribution in [3.05, 3.63) is 29.0 Å². The van der Waals surface area contributed by atoms with Crippen LogP contribution >= 0.6 is 11.6 Å². The van der Waals surface area contributed by atoms with Crippen molar-refractivity contribution < 1.29 is 4.39 Å². The second-order valence-electron chi connectivity index (χ2n) is 4.75. The van der Waals surface area contributed by atoms with E-state index in [1.807, 2.05) is 0 Å². The number of anilines is 1. The molecule has 96 valence electrons. The lowest BCUT2D eigenvalue weighted by Crippen LogP contribution is -2.27. The maximum atomic E-state index is 13.7. The van der Waals surface area contributed by atoms with Crippen LogP contribution in [0.3, 0.4) is 0 Å². The summed E-state index contributed by atoms with van der Waals surface area (Å²) in [7, 11) is 0. The molecule has 2 rings (SSSR count). The van der Waals surface area contributed by atoms with Gasteiger partial charge in [0.15, 0.2) is 0 Å². The summed E-state index contributed by atoms with van der Waals surface area (Å²) >= 11 is 5.87. The summed E-state index contributed by atoms with van der Waals surface area (Å²) in [5, 5.41) is 12.8. The Morgan fingerprint density at radius 1 is 1.28 bits per heavy atom. The zero-order chi connectivity index (χ0) is 13.0. The summed E-state index contributed by atoms with van der Waals surface area (Å²) in [6.07, 6.45) is 5.10.